The van der Waals surface area contributed by atoms with Crippen LogP contribution in [-0.4, -0.2) is 62.9 Å². The highest BCUT2D eigenvalue weighted by atomic mass is 79.9. The molecule has 0 aromatic heterocycles. The van der Waals surface area contributed by atoms with Crippen LogP contribution >= 0.6 is 15.9 Å². The molecule has 0 aliphatic heterocycles. The lowest BCUT2D eigenvalue weighted by Crippen LogP contribution is -2.39. The summed E-state index contributed by atoms with van der Waals surface area (Å²) in [5.74, 6) is 0.445. The minimum absolute atomic E-state index is 0.0565. The number of carbonyl (C=O) groups is 2. The molecular formula is C17H26BrN5O2. The van der Waals surface area contributed by atoms with Gasteiger partial charge in [-0.25, -0.2) is 4.99 Å². The number of benzene rings is 1. The molecule has 8 heteroatoms. The van der Waals surface area contributed by atoms with E-state index in [-0.39, 0.29) is 18.4 Å². The number of hydrogen-bond donors (Lipinski definition) is 3. The van der Waals surface area contributed by atoms with Crippen LogP contribution in [0.3, 0.4) is 0 Å². The summed E-state index contributed by atoms with van der Waals surface area (Å²) in [6.45, 7) is 3.97. The van der Waals surface area contributed by atoms with E-state index in [9.17, 15) is 9.59 Å². The lowest BCUT2D eigenvalue weighted by atomic mass is 10.2. The first-order valence-corrected chi connectivity index (χ1v) is 8.99. The van der Waals surface area contributed by atoms with Crippen LogP contribution in [0.25, 0.3) is 0 Å². The van der Waals surface area contributed by atoms with Gasteiger partial charge in [-0.2, -0.15) is 0 Å². The van der Waals surface area contributed by atoms with E-state index < -0.39 is 0 Å². The first-order valence-electron chi connectivity index (χ1n) is 8.20. The van der Waals surface area contributed by atoms with E-state index in [0.29, 0.717) is 31.2 Å². The van der Waals surface area contributed by atoms with Gasteiger partial charge in [0.25, 0.3) is 5.91 Å². The molecule has 0 aliphatic rings. The number of amides is 2. The Hall–Kier alpha value is -2.09. The Balaban J connectivity index is 2.31. The molecule has 0 heterocycles. The van der Waals surface area contributed by atoms with Crippen LogP contribution in [0.5, 0.6) is 0 Å². The zero-order valence-electron chi connectivity index (χ0n) is 14.9. The van der Waals surface area contributed by atoms with Crippen molar-refractivity contribution < 1.29 is 9.59 Å². The van der Waals surface area contributed by atoms with Gasteiger partial charge in [-0.3, -0.25) is 9.59 Å². The topological polar surface area (TPSA) is 85.8 Å². The molecule has 1 aromatic rings. The lowest BCUT2D eigenvalue weighted by molar-refractivity contribution is -0.127. The normalized spacial score (nSPS) is 11.0. The number of hydrogen-bond acceptors (Lipinski definition) is 3. The van der Waals surface area contributed by atoms with Crippen molar-refractivity contribution in [2.75, 3.05) is 40.3 Å². The molecule has 0 fully saturated rings. The highest BCUT2D eigenvalue weighted by Gasteiger charge is 2.05. The highest BCUT2D eigenvalue weighted by Crippen LogP contribution is 2.10. The van der Waals surface area contributed by atoms with Crippen molar-refractivity contribution in [1.82, 2.24) is 20.9 Å². The van der Waals surface area contributed by atoms with Crippen LogP contribution in [0.1, 0.15) is 23.7 Å². The van der Waals surface area contributed by atoms with Crippen molar-refractivity contribution in [2.24, 2.45) is 4.99 Å². The van der Waals surface area contributed by atoms with Crippen molar-refractivity contribution in [2.45, 2.75) is 13.3 Å². The van der Waals surface area contributed by atoms with E-state index in [0.717, 1.165) is 10.9 Å². The molecule has 0 radical (unpaired) electrons. The summed E-state index contributed by atoms with van der Waals surface area (Å²) in [6.07, 6.45) is 0.744. The van der Waals surface area contributed by atoms with E-state index in [1.165, 1.54) is 4.90 Å². The van der Waals surface area contributed by atoms with Gasteiger partial charge in [0, 0.05) is 43.8 Å². The van der Waals surface area contributed by atoms with Crippen molar-refractivity contribution in [3.8, 4) is 0 Å². The largest absolute Gasteiger partial charge is 0.357 e. The van der Waals surface area contributed by atoms with Crippen molar-refractivity contribution in [1.29, 1.82) is 0 Å². The Morgan fingerprint density at radius 1 is 1.08 bits per heavy atom. The summed E-state index contributed by atoms with van der Waals surface area (Å²) in [7, 11) is 3.40. The highest BCUT2D eigenvalue weighted by molar-refractivity contribution is 9.10. The van der Waals surface area contributed by atoms with E-state index in [4.69, 9.17) is 0 Å². The first-order chi connectivity index (χ1) is 11.9. The van der Waals surface area contributed by atoms with Gasteiger partial charge in [0.2, 0.25) is 5.91 Å². The number of aliphatic imine (C=N–C) groups is 1. The van der Waals surface area contributed by atoms with Gasteiger partial charge >= 0.3 is 0 Å². The maximum absolute atomic E-state index is 12.0. The number of likely N-dealkylation sites (N-methyl/N-ethyl adjacent to an activating group) is 1. The minimum atomic E-state index is -0.0929. The number of carbonyl (C=O) groups excluding carboxylic acids is 2. The molecule has 0 unspecified atom stereocenters. The van der Waals surface area contributed by atoms with Crippen LogP contribution in [0.15, 0.2) is 33.7 Å². The maximum Gasteiger partial charge on any atom is 0.251 e. The van der Waals surface area contributed by atoms with E-state index in [1.54, 1.807) is 26.2 Å². The fraction of sp³-hybridized carbons (Fsp3) is 0.471. The molecule has 7 nitrogen and oxygen atoms in total. The summed E-state index contributed by atoms with van der Waals surface area (Å²) >= 11 is 3.34. The first kappa shape index (κ1) is 21.0. The third-order valence-corrected chi connectivity index (χ3v) is 3.78. The third-order valence-electron chi connectivity index (χ3n) is 3.25. The number of guanidine groups is 1. The Kier molecular flexibility index (Phi) is 9.61. The Labute approximate surface area is 157 Å². The van der Waals surface area contributed by atoms with E-state index >= 15 is 0 Å². The average molecular weight is 412 g/mol. The second kappa shape index (κ2) is 11.5. The summed E-state index contributed by atoms with van der Waals surface area (Å²) in [5, 5.41) is 9.10. The molecule has 0 aliphatic carbocycles. The quantitative estimate of drug-likeness (QED) is 0.341. The molecule has 3 N–H and O–H groups in total. The second-order valence-corrected chi connectivity index (χ2v) is 6.44. The molecule has 0 saturated heterocycles. The molecule has 0 bridgehead atoms. The zero-order chi connectivity index (χ0) is 18.7. The maximum atomic E-state index is 12.0. The van der Waals surface area contributed by atoms with Gasteiger partial charge < -0.3 is 20.9 Å². The summed E-state index contributed by atoms with van der Waals surface area (Å²) < 4.78 is 0.941. The van der Waals surface area contributed by atoms with Crippen molar-refractivity contribution in [3.05, 3.63) is 34.3 Å². The number of halogens is 1. The Morgan fingerprint density at radius 2 is 1.72 bits per heavy atom. The van der Waals surface area contributed by atoms with Crippen LogP contribution in [0, 0.1) is 0 Å². The van der Waals surface area contributed by atoms with Gasteiger partial charge in [-0.05, 0) is 37.6 Å². The van der Waals surface area contributed by atoms with Crippen molar-refractivity contribution >= 4 is 33.7 Å². The predicted molar refractivity (Wildman–Crippen MR) is 104 cm³/mol. The summed E-state index contributed by atoms with van der Waals surface area (Å²) in [6, 6.07) is 7.22. The van der Waals surface area contributed by atoms with Crippen LogP contribution in [0.4, 0.5) is 0 Å². The molecule has 0 spiro atoms. The Bertz CT molecular complexity index is 587. The number of nitrogens with zero attached hydrogens (tertiary/aromatic N) is 2. The van der Waals surface area contributed by atoms with Crippen LogP contribution in [-0.2, 0) is 4.79 Å². The SMILES string of the molecule is CCNC(=NCC(=O)N(C)C)NCCCNC(=O)c1ccc(Br)cc1. The zero-order valence-corrected chi connectivity index (χ0v) is 16.5. The molecule has 2 amide bonds. The average Bonchev–Trinajstić information content (AvgIpc) is 2.59. The number of nitrogens with one attached hydrogen (secondary N) is 3. The fourth-order valence-corrected chi connectivity index (χ4v) is 2.09. The molecule has 0 saturated carbocycles. The standard InChI is InChI=1S/C17H26BrN5O2/c1-4-19-17(22-12-15(24)23(2)3)21-11-5-10-20-16(25)13-6-8-14(18)9-7-13/h6-9H,4-5,10-12H2,1-3H3,(H,20,25)(H2,19,21,22). The van der Waals surface area contributed by atoms with E-state index in [2.05, 4.69) is 36.9 Å². The van der Waals surface area contributed by atoms with Gasteiger partial charge in [0.1, 0.15) is 6.54 Å². The monoisotopic (exact) mass is 411 g/mol. The van der Waals surface area contributed by atoms with Crippen LogP contribution < -0.4 is 16.0 Å². The summed E-state index contributed by atoms with van der Waals surface area (Å²) in [4.78, 5) is 29.3. The smallest absolute Gasteiger partial charge is 0.251 e. The van der Waals surface area contributed by atoms with Gasteiger partial charge in [-0.15, -0.1) is 0 Å². The van der Waals surface area contributed by atoms with Gasteiger partial charge in [0.05, 0.1) is 0 Å². The molecule has 25 heavy (non-hydrogen) atoms. The molecule has 138 valence electrons. The van der Waals surface area contributed by atoms with Crippen LogP contribution in [0.2, 0.25) is 0 Å². The molecule has 0 atom stereocenters. The van der Waals surface area contributed by atoms with Crippen molar-refractivity contribution in [3.63, 3.8) is 0 Å². The van der Waals surface area contributed by atoms with E-state index in [1.807, 2.05) is 19.1 Å². The Morgan fingerprint density at radius 3 is 2.32 bits per heavy atom. The lowest BCUT2D eigenvalue weighted by Gasteiger charge is -2.13. The summed E-state index contributed by atoms with van der Waals surface area (Å²) in [5.41, 5.74) is 0.633. The molecular weight excluding hydrogens is 386 g/mol. The third kappa shape index (κ3) is 8.53. The minimum Gasteiger partial charge on any atom is -0.357 e. The fourth-order valence-electron chi connectivity index (χ4n) is 1.83. The number of rotatable bonds is 8. The van der Waals surface area contributed by atoms with Gasteiger partial charge in [0.15, 0.2) is 5.96 Å². The van der Waals surface area contributed by atoms with Gasteiger partial charge in [-0.1, -0.05) is 15.9 Å². The molecule has 1 rings (SSSR count). The predicted octanol–water partition coefficient (Wildman–Crippen LogP) is 1.21. The second-order valence-electron chi connectivity index (χ2n) is 5.53. The molecule has 1 aromatic carbocycles.